The van der Waals surface area contributed by atoms with Crippen LogP contribution >= 0.6 is 7.94 Å². The van der Waals surface area contributed by atoms with Crippen LogP contribution in [0.1, 0.15) is 0 Å². The fourth-order valence-electron chi connectivity index (χ4n) is 0.674. The number of nitrogen functional groups attached to an aromatic ring is 1. The second-order valence-corrected chi connectivity index (χ2v) is 3.81. The van der Waals surface area contributed by atoms with Crippen LogP contribution in [-0.2, 0) is 0 Å². The Hall–Kier alpha value is -0.670. The molecule has 1 aromatic rings. The van der Waals surface area contributed by atoms with Crippen LogP contribution < -0.4 is 11.0 Å². The van der Waals surface area contributed by atoms with E-state index in [1.807, 2.05) is 0 Å². The largest absolute Gasteiger partial charge is 0.440 e. The first kappa shape index (κ1) is 8.43. The first-order chi connectivity index (χ1) is 5.00. The van der Waals surface area contributed by atoms with E-state index in [0.29, 0.717) is 5.69 Å². The van der Waals surface area contributed by atoms with Gasteiger partial charge < -0.3 is 5.73 Å². The van der Waals surface area contributed by atoms with Crippen molar-refractivity contribution >= 4 is 18.9 Å². The molecule has 11 heavy (non-hydrogen) atoms. The van der Waals surface area contributed by atoms with E-state index in [0.717, 1.165) is 0 Å². The van der Waals surface area contributed by atoms with Crippen molar-refractivity contribution in [1.82, 2.24) is 0 Å². The van der Waals surface area contributed by atoms with Gasteiger partial charge in [-0.25, -0.2) is 0 Å². The molecule has 0 aliphatic heterocycles. The maximum absolute atomic E-state index is 8.76. The summed E-state index contributed by atoms with van der Waals surface area (Å²) in [6, 6.07) is 5.74. The van der Waals surface area contributed by atoms with E-state index in [-0.39, 0.29) is 5.30 Å². The summed E-state index contributed by atoms with van der Waals surface area (Å²) in [5.74, 6) is 0. The molecule has 0 spiro atoms. The van der Waals surface area contributed by atoms with Gasteiger partial charge in [-0.05, 0) is 24.3 Å². The Morgan fingerprint density at radius 2 is 1.45 bits per heavy atom. The zero-order valence-corrected chi connectivity index (χ0v) is 6.57. The number of hydrogen-bond acceptors (Lipinski definition) is 4. The van der Waals surface area contributed by atoms with Gasteiger partial charge in [-0.3, -0.25) is 0 Å². The lowest BCUT2D eigenvalue weighted by Gasteiger charge is -2.01. The van der Waals surface area contributed by atoms with Crippen LogP contribution in [0.5, 0.6) is 0 Å². The summed E-state index contributed by atoms with van der Waals surface area (Å²) in [6.07, 6.45) is 0. The van der Waals surface area contributed by atoms with Gasteiger partial charge in [0.15, 0.2) is 5.30 Å². The van der Waals surface area contributed by atoms with Crippen molar-refractivity contribution in [1.29, 1.82) is 0 Å². The standard InChI is InChI=1S/C6H9NO3P/c7-5-1-3-6(4-2-5)11(8,9)10/h1-4,8-10H,7H2/q+1. The molecule has 0 radical (unpaired) electrons. The molecule has 0 aromatic heterocycles. The molecule has 0 amide bonds. The molecule has 0 aliphatic carbocycles. The molecule has 0 bridgehead atoms. The number of anilines is 1. The van der Waals surface area contributed by atoms with Gasteiger partial charge in [-0.2, -0.15) is 14.7 Å². The van der Waals surface area contributed by atoms with Crippen LogP contribution in [0.3, 0.4) is 0 Å². The maximum atomic E-state index is 8.76. The van der Waals surface area contributed by atoms with E-state index in [1.54, 1.807) is 0 Å². The Labute approximate surface area is 64.5 Å². The molecule has 0 unspecified atom stereocenters. The van der Waals surface area contributed by atoms with Gasteiger partial charge in [-0.1, -0.05) is 0 Å². The van der Waals surface area contributed by atoms with Crippen LogP contribution in [0, 0.1) is 0 Å². The molecule has 0 saturated heterocycles. The van der Waals surface area contributed by atoms with Crippen molar-refractivity contribution in [3.63, 3.8) is 0 Å². The normalized spacial score (nSPS) is 11.5. The Bertz CT molecular complexity index is 241. The average molecular weight is 174 g/mol. The summed E-state index contributed by atoms with van der Waals surface area (Å²) >= 11 is 0. The molecule has 1 aromatic carbocycles. The molecular formula is C6H9NO3P+. The summed E-state index contributed by atoms with van der Waals surface area (Å²) in [6.45, 7) is 0. The topological polar surface area (TPSA) is 86.7 Å². The minimum Gasteiger partial charge on any atom is -0.399 e. The zero-order valence-electron chi connectivity index (χ0n) is 5.68. The average Bonchev–Trinajstić information content (AvgIpc) is 1.86. The lowest BCUT2D eigenvalue weighted by atomic mass is 10.3. The second-order valence-electron chi connectivity index (χ2n) is 2.16. The van der Waals surface area contributed by atoms with Crippen LogP contribution in [0.4, 0.5) is 5.69 Å². The third-order valence-electron chi connectivity index (χ3n) is 1.24. The molecular weight excluding hydrogens is 165 g/mol. The molecule has 5 heteroatoms. The monoisotopic (exact) mass is 174 g/mol. The summed E-state index contributed by atoms with van der Waals surface area (Å²) in [7, 11) is -3.84. The third kappa shape index (κ3) is 2.13. The quantitative estimate of drug-likeness (QED) is 0.345. The fourth-order valence-corrected chi connectivity index (χ4v) is 1.22. The van der Waals surface area contributed by atoms with E-state index in [9.17, 15) is 0 Å². The van der Waals surface area contributed by atoms with E-state index in [1.165, 1.54) is 24.3 Å². The second kappa shape index (κ2) is 2.75. The van der Waals surface area contributed by atoms with Gasteiger partial charge in [0.2, 0.25) is 0 Å². The highest BCUT2D eigenvalue weighted by atomic mass is 31.2. The van der Waals surface area contributed by atoms with E-state index >= 15 is 0 Å². The zero-order chi connectivity index (χ0) is 8.48. The molecule has 0 heterocycles. The highest BCUT2D eigenvalue weighted by Gasteiger charge is 2.33. The molecule has 4 nitrogen and oxygen atoms in total. The van der Waals surface area contributed by atoms with E-state index in [4.69, 9.17) is 20.4 Å². The minimum absolute atomic E-state index is 0.103. The number of nitrogens with two attached hydrogens (primary N) is 1. The lowest BCUT2D eigenvalue weighted by Crippen LogP contribution is -2.08. The van der Waals surface area contributed by atoms with Crippen molar-refractivity contribution < 1.29 is 14.7 Å². The molecule has 5 N–H and O–H groups in total. The highest BCUT2D eigenvalue weighted by molar-refractivity contribution is 7.66. The molecule has 60 valence electrons. The van der Waals surface area contributed by atoms with E-state index in [2.05, 4.69) is 0 Å². The predicted molar refractivity (Wildman–Crippen MR) is 44.1 cm³/mol. The SMILES string of the molecule is Nc1ccc([P+](O)(O)O)cc1. The molecule has 0 atom stereocenters. The Morgan fingerprint density at radius 3 is 1.82 bits per heavy atom. The third-order valence-corrected chi connectivity index (χ3v) is 2.23. The lowest BCUT2D eigenvalue weighted by molar-refractivity contribution is 0.347. The first-order valence-corrected chi connectivity index (χ1v) is 4.58. The maximum Gasteiger partial charge on any atom is 0.440 e. The smallest absolute Gasteiger partial charge is 0.399 e. The summed E-state index contributed by atoms with van der Waals surface area (Å²) in [4.78, 5) is 26.3. The number of rotatable bonds is 1. The molecule has 0 aliphatic rings. The molecule has 0 fully saturated rings. The van der Waals surface area contributed by atoms with Crippen molar-refractivity contribution in [2.24, 2.45) is 0 Å². The van der Waals surface area contributed by atoms with Crippen molar-refractivity contribution in [3.8, 4) is 0 Å². The highest BCUT2D eigenvalue weighted by Crippen LogP contribution is 2.42. The predicted octanol–water partition coefficient (Wildman–Crippen LogP) is -0.366. The number of benzene rings is 1. The van der Waals surface area contributed by atoms with Gasteiger partial charge in [0.1, 0.15) is 0 Å². The first-order valence-electron chi connectivity index (χ1n) is 2.93. The van der Waals surface area contributed by atoms with Crippen LogP contribution in [0.25, 0.3) is 0 Å². The Kier molecular flexibility index (Phi) is 2.11. The summed E-state index contributed by atoms with van der Waals surface area (Å²) in [5, 5.41) is 0.103. The van der Waals surface area contributed by atoms with Gasteiger partial charge in [0, 0.05) is 5.69 Å². The molecule has 0 saturated carbocycles. The van der Waals surface area contributed by atoms with Gasteiger partial charge in [0.25, 0.3) is 0 Å². The summed E-state index contributed by atoms with van der Waals surface area (Å²) in [5.41, 5.74) is 5.85. The van der Waals surface area contributed by atoms with Gasteiger partial charge in [-0.15, -0.1) is 0 Å². The van der Waals surface area contributed by atoms with Crippen LogP contribution in [0.2, 0.25) is 0 Å². The van der Waals surface area contributed by atoms with Crippen LogP contribution in [0.15, 0.2) is 24.3 Å². The summed E-state index contributed by atoms with van der Waals surface area (Å²) < 4.78 is 0. The van der Waals surface area contributed by atoms with Crippen molar-refractivity contribution in [2.75, 3.05) is 5.73 Å². The van der Waals surface area contributed by atoms with Gasteiger partial charge >= 0.3 is 7.94 Å². The fraction of sp³-hybridized carbons (Fsp3) is 0. The number of hydrogen-bond donors (Lipinski definition) is 4. The van der Waals surface area contributed by atoms with Crippen molar-refractivity contribution in [3.05, 3.63) is 24.3 Å². The Balaban J connectivity index is 2.99. The van der Waals surface area contributed by atoms with Gasteiger partial charge in [0.05, 0.1) is 0 Å². The molecule has 1 rings (SSSR count). The Morgan fingerprint density at radius 1 is 1.00 bits per heavy atom. The van der Waals surface area contributed by atoms with E-state index < -0.39 is 7.94 Å². The van der Waals surface area contributed by atoms with Crippen molar-refractivity contribution in [2.45, 2.75) is 0 Å². The minimum atomic E-state index is -3.84. The van der Waals surface area contributed by atoms with Crippen LogP contribution in [-0.4, -0.2) is 14.7 Å².